The average Bonchev–Trinajstić information content (AvgIpc) is 1.62. The maximum absolute atomic E-state index is 3.19. The van der Waals surface area contributed by atoms with E-state index >= 15 is 0 Å². The first-order valence-corrected chi connectivity index (χ1v) is 3.10. The molecule has 40 valence electrons. The summed E-state index contributed by atoms with van der Waals surface area (Å²) >= 11 is 0. The van der Waals surface area contributed by atoms with Crippen LogP contribution in [0.15, 0.2) is 12.2 Å². The topological polar surface area (TPSA) is 0 Å². The van der Waals surface area contributed by atoms with E-state index in [9.17, 15) is 0 Å². The minimum Gasteiger partial charge on any atom is 0.0655 e. The van der Waals surface area contributed by atoms with Crippen molar-refractivity contribution >= 4 is 0 Å². The molecule has 0 aromatic rings. The van der Waals surface area contributed by atoms with Gasteiger partial charge in [-0.3, -0.25) is 0 Å². The zero-order chi connectivity index (χ0) is 5.66. The van der Waals surface area contributed by atoms with Crippen LogP contribution in [-0.4, -0.2) is 0 Å². The number of allylic oxidation sites excluding steroid dienone is 4. The van der Waals surface area contributed by atoms with Crippen molar-refractivity contribution in [3.63, 3.8) is 0 Å². The Balaban J connectivity index is 2.29. The van der Waals surface area contributed by atoms with Crippen molar-refractivity contribution in [1.82, 2.24) is 0 Å². The third-order valence-electron chi connectivity index (χ3n) is 1.15. The van der Waals surface area contributed by atoms with E-state index in [-0.39, 0.29) is 0 Å². The molecule has 0 saturated carbocycles. The quantitative estimate of drug-likeness (QED) is 0.415. The van der Waals surface area contributed by atoms with Gasteiger partial charge in [0.05, 0.1) is 12.8 Å². The second kappa shape index (κ2) is 3.32. The molecule has 0 nitrogen and oxygen atoms in total. The van der Waals surface area contributed by atoms with E-state index in [1.165, 1.54) is 0 Å². The van der Waals surface area contributed by atoms with Crippen LogP contribution in [0, 0.1) is 12.2 Å². The minimum absolute atomic E-state index is 1.08. The number of hydrogen-bond acceptors (Lipinski definition) is 0. The Morgan fingerprint density at radius 3 is 1.88 bits per heavy atom. The third kappa shape index (κ3) is 1.84. The molecule has 0 aromatic heterocycles. The fraction of sp³-hybridized carbons (Fsp3) is 0.500. The maximum Gasteiger partial charge on any atom is 0.218 e. The molecule has 0 aliphatic heterocycles. The van der Waals surface area contributed by atoms with E-state index in [2.05, 4.69) is 24.3 Å². The molecular weight excluding hydrogens is 96.1 g/mol. The van der Waals surface area contributed by atoms with Gasteiger partial charge in [-0.05, 0) is 0 Å². The molecular formula is C8H10+2. The van der Waals surface area contributed by atoms with E-state index in [1.807, 2.05) is 0 Å². The smallest absolute Gasteiger partial charge is 0.0655 e. The summed E-state index contributed by atoms with van der Waals surface area (Å²) in [6.45, 7) is 0. The molecule has 0 amide bonds. The first-order chi connectivity index (χ1) is 4.00. The zero-order valence-electron chi connectivity index (χ0n) is 4.98. The van der Waals surface area contributed by atoms with Gasteiger partial charge in [0.1, 0.15) is 0 Å². The molecule has 1 aliphatic carbocycles. The normalized spacial score (nSPS) is 18.0. The summed E-state index contributed by atoms with van der Waals surface area (Å²) in [5.74, 6) is 0. The van der Waals surface area contributed by atoms with Gasteiger partial charge in [-0.25, -0.2) is 0 Å². The predicted octanol–water partition coefficient (Wildman–Crippen LogP) is 2.28. The Bertz CT molecular complexity index is 72.6. The summed E-state index contributed by atoms with van der Waals surface area (Å²) in [5.41, 5.74) is 0. The van der Waals surface area contributed by atoms with Gasteiger partial charge in [-0.1, -0.05) is 0 Å². The third-order valence-corrected chi connectivity index (χ3v) is 1.15. The molecule has 0 unspecified atom stereocenters. The molecule has 1 aliphatic rings. The monoisotopic (exact) mass is 106 g/mol. The molecule has 0 radical (unpaired) electrons. The first-order valence-electron chi connectivity index (χ1n) is 3.10. The molecule has 0 fully saturated rings. The van der Waals surface area contributed by atoms with Gasteiger partial charge in [0, 0.05) is 0 Å². The Morgan fingerprint density at radius 1 is 0.875 bits per heavy atom. The molecule has 0 heteroatoms. The zero-order valence-corrected chi connectivity index (χ0v) is 4.98. The van der Waals surface area contributed by atoms with E-state index in [1.54, 1.807) is 0 Å². The second-order valence-electron chi connectivity index (χ2n) is 1.89. The van der Waals surface area contributed by atoms with Gasteiger partial charge >= 0.3 is 0 Å². The van der Waals surface area contributed by atoms with Gasteiger partial charge < -0.3 is 0 Å². The predicted molar refractivity (Wildman–Crippen MR) is 34.1 cm³/mol. The van der Waals surface area contributed by atoms with Crippen LogP contribution < -0.4 is 0 Å². The van der Waals surface area contributed by atoms with Crippen molar-refractivity contribution < 1.29 is 0 Å². The van der Waals surface area contributed by atoms with Crippen LogP contribution in [0.5, 0.6) is 0 Å². The molecule has 1 rings (SSSR count). The van der Waals surface area contributed by atoms with Gasteiger partial charge in [0.25, 0.3) is 0 Å². The summed E-state index contributed by atoms with van der Waals surface area (Å²) < 4.78 is 0. The van der Waals surface area contributed by atoms with Gasteiger partial charge in [0.15, 0.2) is 25.0 Å². The van der Waals surface area contributed by atoms with Crippen LogP contribution in [0.4, 0.5) is 0 Å². The van der Waals surface area contributed by atoms with Crippen molar-refractivity contribution in [1.29, 1.82) is 0 Å². The Kier molecular flexibility index (Phi) is 2.26. The van der Waals surface area contributed by atoms with Gasteiger partial charge in [-0.15, -0.1) is 0 Å². The van der Waals surface area contributed by atoms with Crippen LogP contribution in [-0.2, 0) is 0 Å². The lowest BCUT2D eigenvalue weighted by Crippen LogP contribution is -1.73. The summed E-state index contributed by atoms with van der Waals surface area (Å²) in [6, 6.07) is 0. The standard InChI is InChI=1S/C8H10/c1-2-4-6-8-7-5-3-1/h1,8H,2,4-5,7H2/q+2. The second-order valence-corrected chi connectivity index (χ2v) is 1.89. The SMILES string of the molecule is [C+]1=CCC[C+]=CCC1. The summed E-state index contributed by atoms with van der Waals surface area (Å²) in [7, 11) is 0. The minimum atomic E-state index is 1.08. The van der Waals surface area contributed by atoms with Crippen molar-refractivity contribution in [2.24, 2.45) is 0 Å². The Morgan fingerprint density at radius 2 is 1.38 bits per heavy atom. The van der Waals surface area contributed by atoms with Crippen molar-refractivity contribution in [2.75, 3.05) is 0 Å². The number of hydrogen-bond donors (Lipinski definition) is 0. The van der Waals surface area contributed by atoms with Crippen LogP contribution in [0.1, 0.15) is 25.7 Å². The Hall–Kier alpha value is -0.700. The molecule has 8 heavy (non-hydrogen) atoms. The van der Waals surface area contributed by atoms with Crippen LogP contribution in [0.25, 0.3) is 0 Å². The molecule has 0 bridgehead atoms. The molecule has 0 saturated heterocycles. The fourth-order valence-corrected chi connectivity index (χ4v) is 0.719. The summed E-state index contributed by atoms with van der Waals surface area (Å²) in [5, 5.41) is 0. The Labute approximate surface area is 50.9 Å². The molecule has 0 aromatic carbocycles. The summed E-state index contributed by atoms with van der Waals surface area (Å²) in [6.07, 6.45) is 15.0. The van der Waals surface area contributed by atoms with Crippen molar-refractivity contribution in [3.8, 4) is 0 Å². The molecule has 0 heterocycles. The van der Waals surface area contributed by atoms with Crippen LogP contribution in [0.2, 0.25) is 0 Å². The molecule has 0 spiro atoms. The van der Waals surface area contributed by atoms with E-state index in [0.29, 0.717) is 0 Å². The largest absolute Gasteiger partial charge is 0.218 e. The first kappa shape index (κ1) is 5.44. The molecule has 0 N–H and O–H groups in total. The highest BCUT2D eigenvalue weighted by Gasteiger charge is 2.02. The van der Waals surface area contributed by atoms with E-state index in [0.717, 1.165) is 25.7 Å². The average molecular weight is 106 g/mol. The van der Waals surface area contributed by atoms with Crippen LogP contribution >= 0.6 is 0 Å². The highest BCUT2D eigenvalue weighted by atomic mass is 13.9. The van der Waals surface area contributed by atoms with Gasteiger partial charge in [-0.2, -0.15) is 0 Å². The van der Waals surface area contributed by atoms with Crippen LogP contribution in [0.3, 0.4) is 0 Å². The van der Waals surface area contributed by atoms with Crippen molar-refractivity contribution in [3.05, 3.63) is 24.3 Å². The van der Waals surface area contributed by atoms with Gasteiger partial charge in [0.2, 0.25) is 12.2 Å². The highest BCUT2D eigenvalue weighted by molar-refractivity contribution is 4.85. The highest BCUT2D eigenvalue weighted by Crippen LogP contribution is 2.00. The van der Waals surface area contributed by atoms with E-state index < -0.39 is 0 Å². The summed E-state index contributed by atoms with van der Waals surface area (Å²) in [4.78, 5) is 0. The lowest BCUT2D eigenvalue weighted by Gasteiger charge is -1.72. The lowest BCUT2D eigenvalue weighted by molar-refractivity contribution is 0.928. The van der Waals surface area contributed by atoms with E-state index in [4.69, 9.17) is 0 Å². The molecule has 0 atom stereocenters. The maximum atomic E-state index is 3.19. The van der Waals surface area contributed by atoms with Crippen molar-refractivity contribution in [2.45, 2.75) is 25.7 Å². The lowest BCUT2D eigenvalue weighted by atomic mass is 10.1. The fourth-order valence-electron chi connectivity index (χ4n) is 0.719. The number of rotatable bonds is 0.